The molecule has 2 aliphatic carbocycles. The SMILES string of the molecule is C=C[C@](C)(CC[C@H]1[C@]2(C)CCCC(C)(C)[C@H]2CC[C@@]1(C)OC(C)=O)OC(C)=O. The van der Waals surface area contributed by atoms with Crippen molar-refractivity contribution >= 4 is 11.9 Å². The summed E-state index contributed by atoms with van der Waals surface area (Å²) in [5, 5.41) is 0. The lowest BCUT2D eigenvalue weighted by atomic mass is 9.45. The number of hydrogen-bond donors (Lipinski definition) is 0. The van der Waals surface area contributed by atoms with E-state index in [2.05, 4.69) is 34.3 Å². The standard InChI is InChI=1S/C24H40O4/c1-9-22(6,27-17(2)25)15-11-20-23(7)14-10-13-21(4,5)19(23)12-16-24(20,8)28-18(3)26/h9,19-20H,1,10-16H2,2-8H3/t19-,20+,22-,23-,24-/m1/s1. The Bertz CT molecular complexity index is 624. The first-order valence-electron chi connectivity index (χ1n) is 10.8. The van der Waals surface area contributed by atoms with Crippen molar-refractivity contribution in [2.45, 2.75) is 105 Å². The summed E-state index contributed by atoms with van der Waals surface area (Å²) >= 11 is 0. The fraction of sp³-hybridized carbons (Fsp3) is 0.833. The zero-order chi connectivity index (χ0) is 21.4. The van der Waals surface area contributed by atoms with Crippen molar-refractivity contribution in [3.63, 3.8) is 0 Å². The summed E-state index contributed by atoms with van der Waals surface area (Å²) in [6.45, 7) is 18.1. The summed E-state index contributed by atoms with van der Waals surface area (Å²) in [5.41, 5.74) is -0.789. The van der Waals surface area contributed by atoms with Crippen molar-refractivity contribution in [3.05, 3.63) is 12.7 Å². The minimum atomic E-state index is -0.698. The number of carbonyl (C=O) groups excluding carboxylic acids is 2. The average molecular weight is 393 g/mol. The maximum Gasteiger partial charge on any atom is 0.303 e. The Morgan fingerprint density at radius 2 is 1.75 bits per heavy atom. The topological polar surface area (TPSA) is 52.6 Å². The molecule has 0 N–H and O–H groups in total. The van der Waals surface area contributed by atoms with Gasteiger partial charge in [0.1, 0.15) is 11.2 Å². The number of ether oxygens (including phenoxy) is 2. The minimum absolute atomic E-state index is 0.0997. The van der Waals surface area contributed by atoms with Crippen LogP contribution in [0.1, 0.15) is 93.4 Å². The third-order valence-electron chi connectivity index (χ3n) is 7.85. The molecular formula is C24H40O4. The van der Waals surface area contributed by atoms with Crippen LogP contribution in [0, 0.1) is 22.7 Å². The molecule has 0 bridgehead atoms. The Labute approximate surface area is 171 Å². The van der Waals surface area contributed by atoms with Gasteiger partial charge in [-0.05, 0) is 75.2 Å². The Morgan fingerprint density at radius 3 is 2.29 bits per heavy atom. The van der Waals surface area contributed by atoms with Gasteiger partial charge in [-0.25, -0.2) is 0 Å². The van der Waals surface area contributed by atoms with Crippen molar-refractivity contribution in [1.82, 2.24) is 0 Å². The number of esters is 2. The highest BCUT2D eigenvalue weighted by atomic mass is 16.6. The molecule has 0 amide bonds. The largest absolute Gasteiger partial charge is 0.459 e. The molecule has 0 saturated heterocycles. The third kappa shape index (κ3) is 4.46. The monoisotopic (exact) mass is 392 g/mol. The van der Waals surface area contributed by atoms with Crippen molar-refractivity contribution in [2.75, 3.05) is 0 Å². The quantitative estimate of drug-likeness (QED) is 0.421. The van der Waals surface area contributed by atoms with Gasteiger partial charge in [-0.1, -0.05) is 33.8 Å². The van der Waals surface area contributed by atoms with Crippen LogP contribution in [0.25, 0.3) is 0 Å². The van der Waals surface area contributed by atoms with Crippen LogP contribution in [0.15, 0.2) is 12.7 Å². The van der Waals surface area contributed by atoms with Crippen LogP contribution in [-0.4, -0.2) is 23.1 Å². The predicted molar refractivity (Wildman–Crippen MR) is 112 cm³/mol. The Morgan fingerprint density at radius 1 is 1.11 bits per heavy atom. The Kier molecular flexibility index (Phi) is 6.43. The molecule has 0 radical (unpaired) electrons. The van der Waals surface area contributed by atoms with Crippen LogP contribution in [0.3, 0.4) is 0 Å². The third-order valence-corrected chi connectivity index (χ3v) is 7.85. The molecule has 160 valence electrons. The Hall–Kier alpha value is -1.32. The molecule has 0 aliphatic heterocycles. The van der Waals surface area contributed by atoms with E-state index in [0.29, 0.717) is 17.8 Å². The van der Waals surface area contributed by atoms with E-state index in [9.17, 15) is 9.59 Å². The molecule has 2 rings (SSSR count). The zero-order valence-electron chi connectivity index (χ0n) is 19.0. The van der Waals surface area contributed by atoms with Gasteiger partial charge >= 0.3 is 11.9 Å². The molecule has 4 nitrogen and oxygen atoms in total. The van der Waals surface area contributed by atoms with E-state index in [0.717, 1.165) is 25.7 Å². The van der Waals surface area contributed by atoms with Gasteiger partial charge in [0.15, 0.2) is 0 Å². The summed E-state index contributed by atoms with van der Waals surface area (Å²) in [4.78, 5) is 23.5. The van der Waals surface area contributed by atoms with Crippen molar-refractivity contribution < 1.29 is 19.1 Å². The van der Waals surface area contributed by atoms with Crippen LogP contribution in [0.2, 0.25) is 0 Å². The van der Waals surface area contributed by atoms with Gasteiger partial charge in [-0.3, -0.25) is 9.59 Å². The van der Waals surface area contributed by atoms with E-state index in [-0.39, 0.29) is 23.3 Å². The van der Waals surface area contributed by atoms with E-state index in [1.165, 1.54) is 26.7 Å². The molecule has 0 spiro atoms. The maximum atomic E-state index is 11.9. The van der Waals surface area contributed by atoms with Crippen LogP contribution in [-0.2, 0) is 19.1 Å². The summed E-state index contributed by atoms with van der Waals surface area (Å²) in [6.07, 6.45) is 8.83. The van der Waals surface area contributed by atoms with E-state index < -0.39 is 11.2 Å². The molecule has 0 aromatic carbocycles. The smallest absolute Gasteiger partial charge is 0.303 e. The maximum absolute atomic E-state index is 11.9. The van der Waals surface area contributed by atoms with Crippen LogP contribution >= 0.6 is 0 Å². The van der Waals surface area contributed by atoms with Crippen molar-refractivity contribution in [3.8, 4) is 0 Å². The molecule has 0 unspecified atom stereocenters. The van der Waals surface area contributed by atoms with Crippen LogP contribution in [0.4, 0.5) is 0 Å². The molecule has 0 aromatic heterocycles. The predicted octanol–water partition coefficient (Wildman–Crippen LogP) is 5.84. The van der Waals surface area contributed by atoms with E-state index >= 15 is 0 Å². The van der Waals surface area contributed by atoms with Gasteiger partial charge in [-0.15, -0.1) is 0 Å². The van der Waals surface area contributed by atoms with E-state index in [4.69, 9.17) is 9.47 Å². The highest BCUT2D eigenvalue weighted by Crippen LogP contribution is 2.63. The lowest BCUT2D eigenvalue weighted by Gasteiger charge is -2.62. The molecule has 2 fully saturated rings. The first-order valence-corrected chi connectivity index (χ1v) is 10.8. The first kappa shape index (κ1) is 23.0. The fourth-order valence-corrected chi connectivity index (χ4v) is 6.65. The fourth-order valence-electron chi connectivity index (χ4n) is 6.65. The average Bonchev–Trinajstić information content (AvgIpc) is 2.51. The summed E-state index contributed by atoms with van der Waals surface area (Å²) in [6, 6.07) is 0. The first-order chi connectivity index (χ1) is 12.8. The molecule has 4 heteroatoms. The number of carbonyl (C=O) groups is 2. The van der Waals surface area contributed by atoms with E-state index in [1.54, 1.807) is 6.08 Å². The molecule has 2 saturated carbocycles. The molecule has 5 atom stereocenters. The highest BCUT2D eigenvalue weighted by molar-refractivity contribution is 5.67. The van der Waals surface area contributed by atoms with Crippen molar-refractivity contribution in [1.29, 1.82) is 0 Å². The van der Waals surface area contributed by atoms with Crippen LogP contribution < -0.4 is 0 Å². The normalized spacial score (nSPS) is 36.5. The molecule has 28 heavy (non-hydrogen) atoms. The highest BCUT2D eigenvalue weighted by Gasteiger charge is 2.59. The van der Waals surface area contributed by atoms with E-state index in [1.807, 2.05) is 6.92 Å². The van der Waals surface area contributed by atoms with Gasteiger partial charge in [0, 0.05) is 19.8 Å². The molecule has 0 aromatic rings. The van der Waals surface area contributed by atoms with Crippen LogP contribution in [0.5, 0.6) is 0 Å². The summed E-state index contributed by atoms with van der Waals surface area (Å²) in [7, 11) is 0. The number of fused-ring (bicyclic) bond motifs is 1. The number of hydrogen-bond acceptors (Lipinski definition) is 4. The molecular weight excluding hydrogens is 352 g/mol. The molecule has 2 aliphatic rings. The second-order valence-electron chi connectivity index (χ2n) is 10.5. The second-order valence-corrected chi connectivity index (χ2v) is 10.5. The molecule has 0 heterocycles. The van der Waals surface area contributed by atoms with Gasteiger partial charge in [0.25, 0.3) is 0 Å². The minimum Gasteiger partial charge on any atom is -0.459 e. The number of rotatable bonds is 6. The summed E-state index contributed by atoms with van der Waals surface area (Å²) < 4.78 is 11.6. The van der Waals surface area contributed by atoms with Crippen molar-refractivity contribution in [2.24, 2.45) is 22.7 Å². The summed E-state index contributed by atoms with van der Waals surface area (Å²) in [5.74, 6) is 0.316. The Balaban J connectivity index is 2.37. The van der Waals surface area contributed by atoms with Gasteiger partial charge in [0.05, 0.1) is 0 Å². The lowest BCUT2D eigenvalue weighted by molar-refractivity contribution is -0.201. The van der Waals surface area contributed by atoms with Gasteiger partial charge < -0.3 is 9.47 Å². The zero-order valence-corrected chi connectivity index (χ0v) is 19.0. The second kappa shape index (κ2) is 7.84. The van der Waals surface area contributed by atoms with Gasteiger partial charge in [0.2, 0.25) is 0 Å². The lowest BCUT2D eigenvalue weighted by Crippen LogP contribution is -2.59. The van der Waals surface area contributed by atoms with Gasteiger partial charge in [-0.2, -0.15) is 0 Å².